The van der Waals surface area contributed by atoms with Crippen molar-refractivity contribution in [2.45, 2.75) is 26.2 Å². The third-order valence-corrected chi connectivity index (χ3v) is 4.01. The standard InChI is InChI=1S/C17H19N5O2/c1-4-5-6-11-7-9-12(10-8-11)14-18-13-15(22(3)20-14)19-17(24)21(2)16(13)23/h7-10H,4-6H2,1-3H3. The van der Waals surface area contributed by atoms with Gasteiger partial charge < -0.3 is 0 Å². The fraction of sp³-hybridized carbons (Fsp3) is 0.353. The van der Waals surface area contributed by atoms with E-state index in [1.54, 1.807) is 7.05 Å². The molecule has 3 rings (SSSR count). The molecule has 0 bridgehead atoms. The van der Waals surface area contributed by atoms with E-state index >= 15 is 0 Å². The second-order valence-electron chi connectivity index (χ2n) is 5.79. The van der Waals surface area contributed by atoms with Crippen LogP contribution in [0.2, 0.25) is 0 Å². The molecule has 0 unspecified atom stereocenters. The molecule has 2 aliphatic heterocycles. The van der Waals surface area contributed by atoms with Gasteiger partial charge in [-0.2, -0.15) is 10.1 Å². The highest BCUT2D eigenvalue weighted by atomic mass is 16.2. The fourth-order valence-corrected chi connectivity index (χ4v) is 2.52. The van der Waals surface area contributed by atoms with Gasteiger partial charge in [0.2, 0.25) is 0 Å². The maximum absolute atomic E-state index is 12.3. The zero-order chi connectivity index (χ0) is 17.3. The van der Waals surface area contributed by atoms with Gasteiger partial charge in [0.05, 0.1) is 0 Å². The van der Waals surface area contributed by atoms with E-state index in [1.807, 2.05) is 12.1 Å². The molecule has 0 amide bonds. The van der Waals surface area contributed by atoms with Crippen LogP contribution in [0.15, 0.2) is 33.9 Å². The molecule has 0 aromatic heterocycles. The summed E-state index contributed by atoms with van der Waals surface area (Å²) in [5, 5.41) is 4.33. The van der Waals surface area contributed by atoms with Gasteiger partial charge in [-0.3, -0.25) is 9.36 Å². The van der Waals surface area contributed by atoms with Gasteiger partial charge in [0, 0.05) is 19.7 Å². The predicted molar refractivity (Wildman–Crippen MR) is 91.0 cm³/mol. The van der Waals surface area contributed by atoms with Crippen molar-refractivity contribution < 1.29 is 0 Å². The molecule has 0 fully saturated rings. The van der Waals surface area contributed by atoms with Gasteiger partial charge in [-0.1, -0.05) is 37.6 Å². The number of aryl methyl sites for hydroxylation is 2. The number of nitrogens with zero attached hydrogens (tertiary/aromatic N) is 5. The van der Waals surface area contributed by atoms with E-state index in [1.165, 1.54) is 17.3 Å². The monoisotopic (exact) mass is 325 g/mol. The molecular formula is C17H19N5O2. The quantitative estimate of drug-likeness (QED) is 0.724. The molecule has 24 heavy (non-hydrogen) atoms. The first-order chi connectivity index (χ1) is 11.5. The molecule has 0 N–H and O–H groups in total. The lowest BCUT2D eigenvalue weighted by Crippen LogP contribution is -2.36. The van der Waals surface area contributed by atoms with Crippen molar-refractivity contribution in [1.82, 2.24) is 24.3 Å². The number of fused-ring (bicyclic) bond motifs is 1. The molecule has 0 aliphatic carbocycles. The van der Waals surface area contributed by atoms with Gasteiger partial charge in [-0.05, 0) is 18.4 Å². The van der Waals surface area contributed by atoms with Crippen molar-refractivity contribution >= 4 is 0 Å². The molecule has 1 aromatic rings. The molecule has 7 heteroatoms. The number of aromatic nitrogens is 5. The average Bonchev–Trinajstić information content (AvgIpc) is 2.59. The highest BCUT2D eigenvalue weighted by molar-refractivity contribution is 5.59. The van der Waals surface area contributed by atoms with Crippen molar-refractivity contribution in [1.29, 1.82) is 0 Å². The minimum Gasteiger partial charge on any atom is -0.267 e. The van der Waals surface area contributed by atoms with Gasteiger partial charge in [0.25, 0.3) is 5.56 Å². The lowest BCUT2D eigenvalue weighted by molar-refractivity contribution is 0.678. The summed E-state index contributed by atoms with van der Waals surface area (Å²) < 4.78 is 2.37. The number of hydrogen-bond acceptors (Lipinski definition) is 5. The Bertz CT molecular complexity index is 956. The maximum atomic E-state index is 12.3. The molecule has 0 saturated heterocycles. The molecule has 0 saturated carbocycles. The summed E-state index contributed by atoms with van der Waals surface area (Å²) in [4.78, 5) is 32.1. The van der Waals surface area contributed by atoms with E-state index in [9.17, 15) is 9.59 Å². The molecule has 0 radical (unpaired) electrons. The van der Waals surface area contributed by atoms with Crippen LogP contribution in [0.4, 0.5) is 0 Å². The Labute approximate surface area is 139 Å². The highest BCUT2D eigenvalue weighted by Gasteiger charge is 2.19. The number of hydrogen-bond donors (Lipinski definition) is 0. The van der Waals surface area contributed by atoms with Crippen LogP contribution in [0.25, 0.3) is 22.9 Å². The van der Waals surface area contributed by atoms with Gasteiger partial charge >= 0.3 is 5.69 Å². The smallest absolute Gasteiger partial charge is 0.267 e. The van der Waals surface area contributed by atoms with Gasteiger partial charge in [0.15, 0.2) is 17.3 Å². The van der Waals surface area contributed by atoms with Gasteiger partial charge in [0.1, 0.15) is 0 Å². The summed E-state index contributed by atoms with van der Waals surface area (Å²) in [7, 11) is 3.04. The van der Waals surface area contributed by atoms with Crippen LogP contribution >= 0.6 is 0 Å². The lowest BCUT2D eigenvalue weighted by Gasteiger charge is -2.11. The van der Waals surface area contributed by atoms with Crippen LogP contribution in [0.1, 0.15) is 25.3 Å². The Hall–Kier alpha value is -2.83. The van der Waals surface area contributed by atoms with Crippen molar-refractivity contribution in [3.63, 3.8) is 0 Å². The summed E-state index contributed by atoms with van der Waals surface area (Å²) in [5.41, 5.74) is 1.14. The zero-order valence-electron chi connectivity index (χ0n) is 14.0. The maximum Gasteiger partial charge on any atom is 0.352 e. The first kappa shape index (κ1) is 16.0. The molecular weight excluding hydrogens is 306 g/mol. The Kier molecular flexibility index (Phi) is 4.24. The minimum absolute atomic E-state index is 0.139. The summed E-state index contributed by atoms with van der Waals surface area (Å²) >= 11 is 0. The van der Waals surface area contributed by atoms with Crippen molar-refractivity contribution in [2.75, 3.05) is 0 Å². The predicted octanol–water partition coefficient (Wildman–Crippen LogP) is 1.38. The third kappa shape index (κ3) is 2.84. The molecule has 0 spiro atoms. The molecule has 2 heterocycles. The van der Waals surface area contributed by atoms with Crippen LogP contribution in [0.5, 0.6) is 0 Å². The Morgan fingerprint density at radius 1 is 1.04 bits per heavy atom. The van der Waals surface area contributed by atoms with E-state index in [2.05, 4.69) is 34.1 Å². The Balaban J connectivity index is 2.09. The van der Waals surface area contributed by atoms with E-state index < -0.39 is 11.2 Å². The van der Waals surface area contributed by atoms with Gasteiger partial charge in [-0.15, -0.1) is 0 Å². The highest BCUT2D eigenvalue weighted by Crippen LogP contribution is 2.19. The number of benzene rings is 1. The average molecular weight is 325 g/mol. The Morgan fingerprint density at radius 3 is 2.42 bits per heavy atom. The van der Waals surface area contributed by atoms with Crippen molar-refractivity contribution in [3.05, 3.63) is 50.7 Å². The van der Waals surface area contributed by atoms with E-state index in [4.69, 9.17) is 0 Å². The third-order valence-electron chi connectivity index (χ3n) is 4.01. The van der Waals surface area contributed by atoms with Crippen LogP contribution < -0.4 is 11.2 Å². The summed E-state index contributed by atoms with van der Waals surface area (Å²) in [6.45, 7) is 2.17. The Morgan fingerprint density at radius 2 is 1.75 bits per heavy atom. The summed E-state index contributed by atoms with van der Waals surface area (Å²) in [5.74, 6) is 0.621. The molecule has 7 nitrogen and oxygen atoms in total. The minimum atomic E-state index is -0.611. The summed E-state index contributed by atoms with van der Waals surface area (Å²) in [6, 6.07) is 8.00. The van der Waals surface area contributed by atoms with Gasteiger partial charge in [-0.25, -0.2) is 14.5 Å². The lowest BCUT2D eigenvalue weighted by atomic mass is 10.1. The second-order valence-corrected chi connectivity index (χ2v) is 5.79. The fourth-order valence-electron chi connectivity index (χ4n) is 2.52. The van der Waals surface area contributed by atoms with Crippen molar-refractivity contribution in [3.8, 4) is 22.9 Å². The van der Waals surface area contributed by atoms with Crippen molar-refractivity contribution in [2.24, 2.45) is 14.1 Å². The SMILES string of the molecule is CCCCc1ccc(-c2nc3c(=O)n(C)c(=O)nc-3n(C)n2)cc1. The molecule has 0 atom stereocenters. The molecule has 1 aromatic carbocycles. The molecule has 2 aliphatic rings. The summed E-state index contributed by atoms with van der Waals surface area (Å²) in [6.07, 6.45) is 3.35. The molecule has 124 valence electrons. The van der Waals surface area contributed by atoms with Crippen LogP contribution in [0, 0.1) is 0 Å². The van der Waals surface area contributed by atoms with Crippen LogP contribution in [0.3, 0.4) is 0 Å². The van der Waals surface area contributed by atoms with Crippen LogP contribution in [-0.2, 0) is 20.5 Å². The van der Waals surface area contributed by atoms with E-state index in [0.29, 0.717) is 5.82 Å². The van der Waals surface area contributed by atoms with Crippen LogP contribution in [-0.4, -0.2) is 24.3 Å². The first-order valence-electron chi connectivity index (χ1n) is 7.92. The van der Waals surface area contributed by atoms with E-state index in [0.717, 1.165) is 29.4 Å². The first-order valence-corrected chi connectivity index (χ1v) is 7.92. The zero-order valence-corrected chi connectivity index (χ0v) is 14.0. The topological polar surface area (TPSA) is 82.7 Å². The van der Waals surface area contributed by atoms with E-state index in [-0.39, 0.29) is 11.5 Å². The second kappa shape index (κ2) is 6.35. The normalized spacial score (nSPS) is 11.1. The number of unbranched alkanes of at least 4 members (excludes halogenated alkanes) is 1. The largest absolute Gasteiger partial charge is 0.352 e. The number of rotatable bonds is 4.